The van der Waals surface area contributed by atoms with Crippen molar-refractivity contribution in [2.24, 2.45) is 5.73 Å². The number of piperidine rings is 1. The summed E-state index contributed by atoms with van der Waals surface area (Å²) in [6.07, 6.45) is 3.30. The van der Waals surface area contributed by atoms with Crippen LogP contribution in [0.5, 0.6) is 5.75 Å². The second-order valence-electron chi connectivity index (χ2n) is 4.94. The summed E-state index contributed by atoms with van der Waals surface area (Å²) in [6, 6.07) is 8.02. The first kappa shape index (κ1) is 15.2. The van der Waals surface area contributed by atoms with Gasteiger partial charge in [0, 0.05) is 24.0 Å². The average Bonchev–Trinajstić information content (AvgIpc) is 2.52. The lowest BCUT2D eigenvalue weighted by molar-refractivity contribution is -0.131. The lowest BCUT2D eigenvalue weighted by Gasteiger charge is -2.35. The van der Waals surface area contributed by atoms with E-state index >= 15 is 0 Å². The first-order valence-electron chi connectivity index (χ1n) is 7.01. The molecule has 5 heteroatoms. The molecule has 0 spiro atoms. The molecule has 20 heavy (non-hydrogen) atoms. The molecule has 1 aromatic carbocycles. The van der Waals surface area contributed by atoms with Crippen molar-refractivity contribution >= 4 is 17.7 Å². The number of nitrogens with two attached hydrogens (primary N) is 1. The lowest BCUT2D eigenvalue weighted by atomic mass is 10.0. The summed E-state index contributed by atoms with van der Waals surface area (Å²) in [6.45, 7) is 1.41. The van der Waals surface area contributed by atoms with Crippen molar-refractivity contribution in [2.45, 2.75) is 30.2 Å². The number of thioether (sulfide) groups is 1. The molecule has 1 aromatic rings. The number of benzene rings is 1. The summed E-state index contributed by atoms with van der Waals surface area (Å²) in [5, 5.41) is 0. The third-order valence-corrected chi connectivity index (χ3v) is 4.60. The first-order chi connectivity index (χ1) is 9.74. The largest absolute Gasteiger partial charge is 0.497 e. The quantitative estimate of drug-likeness (QED) is 0.845. The van der Waals surface area contributed by atoms with Crippen LogP contribution in [0, 0.1) is 0 Å². The normalized spacial score (nSPS) is 18.9. The van der Waals surface area contributed by atoms with Gasteiger partial charge in [-0.1, -0.05) is 6.07 Å². The van der Waals surface area contributed by atoms with E-state index in [2.05, 4.69) is 0 Å². The number of methoxy groups -OCH3 is 1. The Balaban J connectivity index is 1.90. The Morgan fingerprint density at radius 2 is 2.35 bits per heavy atom. The molecule has 2 rings (SSSR count). The Labute approximate surface area is 124 Å². The minimum atomic E-state index is 0.188. The molecule has 0 bridgehead atoms. The number of hydrogen-bond acceptors (Lipinski definition) is 4. The zero-order valence-electron chi connectivity index (χ0n) is 11.9. The molecule has 1 fully saturated rings. The molecule has 0 aromatic heterocycles. The maximum Gasteiger partial charge on any atom is 0.233 e. The summed E-state index contributed by atoms with van der Waals surface area (Å²) in [5.74, 6) is 1.47. The fourth-order valence-corrected chi connectivity index (χ4v) is 3.32. The van der Waals surface area contributed by atoms with Gasteiger partial charge >= 0.3 is 0 Å². The van der Waals surface area contributed by atoms with Crippen molar-refractivity contribution in [1.29, 1.82) is 0 Å². The van der Waals surface area contributed by atoms with Gasteiger partial charge in [-0.3, -0.25) is 4.79 Å². The van der Waals surface area contributed by atoms with Gasteiger partial charge < -0.3 is 15.4 Å². The summed E-state index contributed by atoms with van der Waals surface area (Å²) in [7, 11) is 1.65. The molecule has 2 N–H and O–H groups in total. The van der Waals surface area contributed by atoms with Gasteiger partial charge in [0.1, 0.15) is 5.75 Å². The fourth-order valence-electron chi connectivity index (χ4n) is 2.49. The van der Waals surface area contributed by atoms with E-state index in [1.54, 1.807) is 18.9 Å². The van der Waals surface area contributed by atoms with Crippen LogP contribution in [0.4, 0.5) is 0 Å². The molecule has 1 amide bonds. The van der Waals surface area contributed by atoms with E-state index in [0.717, 1.165) is 30.0 Å². The van der Waals surface area contributed by atoms with Crippen molar-refractivity contribution in [3.8, 4) is 5.75 Å². The molecule has 1 saturated heterocycles. The van der Waals surface area contributed by atoms with Crippen LogP contribution in [-0.2, 0) is 4.79 Å². The van der Waals surface area contributed by atoms with E-state index in [1.807, 2.05) is 29.2 Å². The highest BCUT2D eigenvalue weighted by molar-refractivity contribution is 8.00. The Kier molecular flexibility index (Phi) is 5.73. The topological polar surface area (TPSA) is 55.6 Å². The van der Waals surface area contributed by atoms with Crippen LogP contribution in [-0.4, -0.2) is 42.8 Å². The third kappa shape index (κ3) is 3.90. The Morgan fingerprint density at radius 3 is 3.10 bits per heavy atom. The van der Waals surface area contributed by atoms with E-state index in [-0.39, 0.29) is 11.9 Å². The molecule has 1 unspecified atom stereocenters. The smallest absolute Gasteiger partial charge is 0.233 e. The van der Waals surface area contributed by atoms with Gasteiger partial charge in [0.25, 0.3) is 0 Å². The standard InChI is InChI=1S/C15H22N2O2S/c1-19-13-6-4-7-14(9-13)20-11-15(18)17-8-3-2-5-12(17)10-16/h4,6-7,9,12H,2-3,5,8,10-11,16H2,1H3. The molecule has 0 saturated carbocycles. The van der Waals surface area contributed by atoms with Crippen LogP contribution in [0.15, 0.2) is 29.2 Å². The fraction of sp³-hybridized carbons (Fsp3) is 0.533. The van der Waals surface area contributed by atoms with Gasteiger partial charge in [-0.15, -0.1) is 11.8 Å². The number of hydrogen-bond donors (Lipinski definition) is 1. The van der Waals surface area contributed by atoms with Gasteiger partial charge in [-0.05, 0) is 37.5 Å². The summed E-state index contributed by atoms with van der Waals surface area (Å²) < 4.78 is 5.19. The summed E-state index contributed by atoms with van der Waals surface area (Å²) in [4.78, 5) is 15.3. The summed E-state index contributed by atoms with van der Waals surface area (Å²) >= 11 is 1.55. The van der Waals surface area contributed by atoms with Crippen LogP contribution in [0.25, 0.3) is 0 Å². The van der Waals surface area contributed by atoms with Crippen LogP contribution >= 0.6 is 11.8 Å². The van der Waals surface area contributed by atoms with Gasteiger partial charge in [0.2, 0.25) is 5.91 Å². The molecule has 1 atom stereocenters. The number of carbonyl (C=O) groups excluding carboxylic acids is 1. The molecule has 0 radical (unpaired) electrons. The lowest BCUT2D eigenvalue weighted by Crippen LogP contribution is -2.48. The van der Waals surface area contributed by atoms with Crippen molar-refractivity contribution in [3.05, 3.63) is 24.3 Å². The molecule has 1 aliphatic rings. The van der Waals surface area contributed by atoms with Gasteiger partial charge in [0.15, 0.2) is 0 Å². The van der Waals surface area contributed by atoms with E-state index < -0.39 is 0 Å². The maximum atomic E-state index is 12.3. The maximum absolute atomic E-state index is 12.3. The molecule has 1 aliphatic heterocycles. The van der Waals surface area contributed by atoms with Crippen molar-refractivity contribution in [3.63, 3.8) is 0 Å². The highest BCUT2D eigenvalue weighted by Crippen LogP contribution is 2.24. The number of ether oxygens (including phenoxy) is 1. The average molecular weight is 294 g/mol. The minimum Gasteiger partial charge on any atom is -0.497 e. The summed E-state index contributed by atoms with van der Waals surface area (Å²) in [5.41, 5.74) is 5.76. The van der Waals surface area contributed by atoms with Crippen molar-refractivity contribution < 1.29 is 9.53 Å². The number of rotatable bonds is 5. The molecule has 1 heterocycles. The molecular formula is C15H22N2O2S. The highest BCUT2D eigenvalue weighted by atomic mass is 32.2. The van der Waals surface area contributed by atoms with E-state index in [0.29, 0.717) is 12.3 Å². The van der Waals surface area contributed by atoms with E-state index in [9.17, 15) is 4.79 Å². The Morgan fingerprint density at radius 1 is 1.50 bits per heavy atom. The second kappa shape index (κ2) is 7.55. The first-order valence-corrected chi connectivity index (χ1v) is 7.99. The number of amides is 1. The van der Waals surface area contributed by atoms with Gasteiger partial charge in [0.05, 0.1) is 12.9 Å². The number of likely N-dealkylation sites (tertiary alicyclic amines) is 1. The molecule has 0 aliphatic carbocycles. The van der Waals surface area contributed by atoms with E-state index in [4.69, 9.17) is 10.5 Å². The Bertz CT molecular complexity index is 453. The van der Waals surface area contributed by atoms with Gasteiger partial charge in [-0.25, -0.2) is 0 Å². The predicted octanol–water partition coefficient (Wildman–Crippen LogP) is 2.13. The van der Waals surface area contributed by atoms with Crippen LogP contribution < -0.4 is 10.5 Å². The number of carbonyl (C=O) groups is 1. The zero-order chi connectivity index (χ0) is 14.4. The van der Waals surface area contributed by atoms with Crippen molar-refractivity contribution in [1.82, 2.24) is 4.90 Å². The Hall–Kier alpha value is -1.20. The van der Waals surface area contributed by atoms with Crippen LogP contribution in [0.2, 0.25) is 0 Å². The number of nitrogens with zero attached hydrogens (tertiary/aromatic N) is 1. The molecule has 4 nitrogen and oxygen atoms in total. The predicted molar refractivity (Wildman–Crippen MR) is 82.1 cm³/mol. The highest BCUT2D eigenvalue weighted by Gasteiger charge is 2.25. The molecular weight excluding hydrogens is 272 g/mol. The van der Waals surface area contributed by atoms with Crippen molar-refractivity contribution in [2.75, 3.05) is 26.0 Å². The van der Waals surface area contributed by atoms with E-state index in [1.165, 1.54) is 6.42 Å². The molecule has 110 valence electrons. The SMILES string of the molecule is COc1cccc(SCC(=O)N2CCCCC2CN)c1. The van der Waals surface area contributed by atoms with Crippen LogP contribution in [0.3, 0.4) is 0 Å². The minimum absolute atomic E-state index is 0.188. The zero-order valence-corrected chi connectivity index (χ0v) is 12.7. The second-order valence-corrected chi connectivity index (χ2v) is 5.99. The third-order valence-electron chi connectivity index (χ3n) is 3.62. The van der Waals surface area contributed by atoms with Crippen LogP contribution in [0.1, 0.15) is 19.3 Å². The van der Waals surface area contributed by atoms with Gasteiger partial charge in [-0.2, -0.15) is 0 Å². The monoisotopic (exact) mass is 294 g/mol.